The van der Waals surface area contributed by atoms with Gasteiger partial charge in [0.25, 0.3) is 0 Å². The van der Waals surface area contributed by atoms with Crippen molar-refractivity contribution in [2.24, 2.45) is 0 Å². The predicted octanol–water partition coefficient (Wildman–Crippen LogP) is 0.822. The van der Waals surface area contributed by atoms with Crippen LogP contribution in [0.5, 0.6) is 0 Å². The normalized spacial score (nSPS) is 44.2. The van der Waals surface area contributed by atoms with E-state index in [0.29, 0.717) is 13.2 Å². The molecule has 2 aliphatic heterocycles. The SMILES string of the molecule is O[C@H]1COC[C@@H]2OC3(CCCCC3)O[C@@H]21. The highest BCUT2D eigenvalue weighted by atomic mass is 16.8. The minimum Gasteiger partial charge on any atom is -0.388 e. The van der Waals surface area contributed by atoms with Gasteiger partial charge in [-0.05, 0) is 12.8 Å². The molecule has 0 amide bonds. The summed E-state index contributed by atoms with van der Waals surface area (Å²) in [7, 11) is 0. The second-order valence-electron chi connectivity index (χ2n) is 4.81. The minimum absolute atomic E-state index is 0.0631. The fourth-order valence-electron chi connectivity index (χ4n) is 2.88. The topological polar surface area (TPSA) is 47.9 Å². The Balaban J connectivity index is 1.74. The lowest BCUT2D eigenvalue weighted by molar-refractivity contribution is -0.197. The minimum atomic E-state index is -0.523. The van der Waals surface area contributed by atoms with Crippen LogP contribution in [0.4, 0.5) is 0 Å². The van der Waals surface area contributed by atoms with Crippen LogP contribution in [0.1, 0.15) is 32.1 Å². The van der Waals surface area contributed by atoms with E-state index in [2.05, 4.69) is 0 Å². The van der Waals surface area contributed by atoms with Gasteiger partial charge in [-0.15, -0.1) is 0 Å². The molecule has 0 bridgehead atoms. The van der Waals surface area contributed by atoms with Gasteiger partial charge < -0.3 is 19.3 Å². The van der Waals surface area contributed by atoms with Crippen molar-refractivity contribution in [3.8, 4) is 0 Å². The average molecular weight is 214 g/mol. The van der Waals surface area contributed by atoms with Crippen molar-refractivity contribution in [3.63, 3.8) is 0 Å². The standard InChI is InChI=1S/C11H18O4/c12-8-6-13-7-9-10(8)15-11(14-9)4-2-1-3-5-11/h8-10,12H,1-7H2/t8-,9-,10+/m0/s1. The van der Waals surface area contributed by atoms with Crippen molar-refractivity contribution in [2.75, 3.05) is 13.2 Å². The van der Waals surface area contributed by atoms with Crippen LogP contribution in [0.25, 0.3) is 0 Å². The molecule has 2 saturated heterocycles. The Bertz CT molecular complexity index is 237. The molecule has 2 heterocycles. The highest BCUT2D eigenvalue weighted by Gasteiger charge is 2.51. The maximum Gasteiger partial charge on any atom is 0.169 e. The van der Waals surface area contributed by atoms with Crippen LogP contribution < -0.4 is 0 Å². The molecule has 3 rings (SSSR count). The molecule has 1 spiro atoms. The molecule has 0 radical (unpaired) electrons. The van der Waals surface area contributed by atoms with E-state index in [1.807, 2.05) is 0 Å². The van der Waals surface area contributed by atoms with Gasteiger partial charge in [0.2, 0.25) is 0 Å². The molecule has 0 aromatic rings. The van der Waals surface area contributed by atoms with Crippen LogP contribution >= 0.6 is 0 Å². The van der Waals surface area contributed by atoms with E-state index < -0.39 is 11.9 Å². The molecule has 3 fully saturated rings. The Kier molecular flexibility index (Phi) is 2.47. The first-order valence-electron chi connectivity index (χ1n) is 5.91. The summed E-state index contributed by atoms with van der Waals surface area (Å²) in [5, 5.41) is 9.76. The molecular weight excluding hydrogens is 196 g/mol. The fraction of sp³-hybridized carbons (Fsp3) is 1.00. The van der Waals surface area contributed by atoms with E-state index in [0.717, 1.165) is 25.7 Å². The van der Waals surface area contributed by atoms with Crippen molar-refractivity contribution >= 4 is 0 Å². The summed E-state index contributed by atoms with van der Waals surface area (Å²) in [5.74, 6) is -0.401. The van der Waals surface area contributed by atoms with Gasteiger partial charge in [0, 0.05) is 12.8 Å². The molecule has 4 nitrogen and oxygen atoms in total. The molecule has 3 atom stereocenters. The van der Waals surface area contributed by atoms with Gasteiger partial charge in [-0.1, -0.05) is 6.42 Å². The number of rotatable bonds is 0. The second-order valence-corrected chi connectivity index (χ2v) is 4.81. The van der Waals surface area contributed by atoms with Crippen LogP contribution in [0, 0.1) is 0 Å². The van der Waals surface area contributed by atoms with Gasteiger partial charge in [-0.25, -0.2) is 0 Å². The number of fused-ring (bicyclic) bond motifs is 1. The summed E-state index contributed by atoms with van der Waals surface area (Å²) in [6, 6.07) is 0. The molecule has 0 aromatic carbocycles. The van der Waals surface area contributed by atoms with E-state index >= 15 is 0 Å². The quantitative estimate of drug-likeness (QED) is 0.648. The zero-order chi connectivity index (χ0) is 10.3. The Morgan fingerprint density at radius 1 is 1.00 bits per heavy atom. The second kappa shape index (κ2) is 3.70. The van der Waals surface area contributed by atoms with E-state index in [-0.39, 0.29) is 12.2 Å². The summed E-state index contributed by atoms with van der Waals surface area (Å²) in [4.78, 5) is 0. The first-order chi connectivity index (χ1) is 7.29. The molecule has 3 aliphatic rings. The summed E-state index contributed by atoms with van der Waals surface area (Å²) < 4.78 is 17.2. The maximum atomic E-state index is 9.76. The molecule has 15 heavy (non-hydrogen) atoms. The number of hydrogen-bond donors (Lipinski definition) is 1. The van der Waals surface area contributed by atoms with Crippen LogP contribution in [0.3, 0.4) is 0 Å². The lowest BCUT2D eigenvalue weighted by Gasteiger charge is -2.32. The summed E-state index contributed by atoms with van der Waals surface area (Å²) in [6.07, 6.45) is 4.77. The van der Waals surface area contributed by atoms with Crippen molar-refractivity contribution in [3.05, 3.63) is 0 Å². The highest BCUT2D eigenvalue weighted by molar-refractivity contribution is 4.93. The van der Waals surface area contributed by atoms with Crippen LogP contribution in [-0.4, -0.2) is 42.4 Å². The summed E-state index contributed by atoms with van der Waals surface area (Å²) in [5.41, 5.74) is 0. The Morgan fingerprint density at radius 2 is 1.80 bits per heavy atom. The molecule has 0 aromatic heterocycles. The lowest BCUT2D eigenvalue weighted by atomic mass is 9.94. The van der Waals surface area contributed by atoms with Gasteiger partial charge in [0.15, 0.2) is 5.79 Å². The zero-order valence-electron chi connectivity index (χ0n) is 8.85. The van der Waals surface area contributed by atoms with E-state index in [4.69, 9.17) is 14.2 Å². The molecule has 4 heteroatoms. The average Bonchev–Trinajstić information content (AvgIpc) is 2.59. The van der Waals surface area contributed by atoms with Crippen molar-refractivity contribution < 1.29 is 19.3 Å². The van der Waals surface area contributed by atoms with Gasteiger partial charge >= 0.3 is 0 Å². The Hall–Kier alpha value is -0.160. The lowest BCUT2D eigenvalue weighted by Crippen LogP contribution is -2.45. The number of hydrogen-bond acceptors (Lipinski definition) is 4. The van der Waals surface area contributed by atoms with Gasteiger partial charge in [-0.3, -0.25) is 0 Å². The van der Waals surface area contributed by atoms with E-state index in [1.165, 1.54) is 6.42 Å². The zero-order valence-corrected chi connectivity index (χ0v) is 8.85. The molecule has 1 N–H and O–H groups in total. The van der Waals surface area contributed by atoms with Crippen molar-refractivity contribution in [2.45, 2.75) is 56.2 Å². The summed E-state index contributed by atoms with van der Waals surface area (Å²) >= 11 is 0. The summed E-state index contributed by atoms with van der Waals surface area (Å²) in [6.45, 7) is 0.935. The third-order valence-corrected chi connectivity index (χ3v) is 3.65. The maximum absolute atomic E-state index is 9.76. The third kappa shape index (κ3) is 1.69. The third-order valence-electron chi connectivity index (χ3n) is 3.65. The number of aliphatic hydroxyl groups excluding tert-OH is 1. The highest BCUT2D eigenvalue weighted by Crippen LogP contribution is 2.42. The van der Waals surface area contributed by atoms with E-state index in [1.54, 1.807) is 0 Å². The predicted molar refractivity (Wildman–Crippen MR) is 52.4 cm³/mol. The molecule has 86 valence electrons. The fourth-order valence-corrected chi connectivity index (χ4v) is 2.88. The molecule has 1 aliphatic carbocycles. The monoisotopic (exact) mass is 214 g/mol. The molecule has 0 unspecified atom stereocenters. The molecular formula is C11H18O4. The first-order valence-corrected chi connectivity index (χ1v) is 5.91. The van der Waals surface area contributed by atoms with Gasteiger partial charge in [0.1, 0.15) is 18.3 Å². The largest absolute Gasteiger partial charge is 0.388 e. The Labute approximate surface area is 89.5 Å². The van der Waals surface area contributed by atoms with Crippen LogP contribution in [0.2, 0.25) is 0 Å². The van der Waals surface area contributed by atoms with Crippen LogP contribution in [0.15, 0.2) is 0 Å². The smallest absolute Gasteiger partial charge is 0.169 e. The van der Waals surface area contributed by atoms with Crippen molar-refractivity contribution in [1.29, 1.82) is 0 Å². The Morgan fingerprint density at radius 3 is 2.53 bits per heavy atom. The first kappa shape index (κ1) is 10.0. The molecule has 1 saturated carbocycles. The van der Waals surface area contributed by atoms with Gasteiger partial charge in [-0.2, -0.15) is 0 Å². The van der Waals surface area contributed by atoms with Gasteiger partial charge in [0.05, 0.1) is 13.2 Å². The van der Waals surface area contributed by atoms with E-state index in [9.17, 15) is 5.11 Å². The number of ether oxygens (including phenoxy) is 3. The van der Waals surface area contributed by atoms with Crippen molar-refractivity contribution in [1.82, 2.24) is 0 Å². The van der Waals surface area contributed by atoms with Crippen LogP contribution in [-0.2, 0) is 14.2 Å². The number of aliphatic hydroxyl groups is 1.